The quantitative estimate of drug-likeness (QED) is 0.283. The highest BCUT2D eigenvalue weighted by atomic mass is 35.5. The van der Waals surface area contributed by atoms with Crippen molar-refractivity contribution in [3.8, 4) is 22.8 Å². The van der Waals surface area contributed by atoms with E-state index in [0.717, 1.165) is 44.3 Å². The third kappa shape index (κ3) is 4.81. The van der Waals surface area contributed by atoms with Crippen molar-refractivity contribution in [3.05, 3.63) is 88.4 Å². The summed E-state index contributed by atoms with van der Waals surface area (Å²) in [6.45, 7) is 2.60. The van der Waals surface area contributed by atoms with Crippen molar-refractivity contribution in [2.24, 2.45) is 0 Å². The maximum Gasteiger partial charge on any atom is 0.196 e. The summed E-state index contributed by atoms with van der Waals surface area (Å²) in [6, 6.07) is 23.4. The predicted molar refractivity (Wildman–Crippen MR) is 124 cm³/mol. The van der Waals surface area contributed by atoms with Crippen molar-refractivity contribution in [1.82, 2.24) is 14.8 Å². The van der Waals surface area contributed by atoms with Gasteiger partial charge in [0.25, 0.3) is 0 Å². The van der Waals surface area contributed by atoms with Gasteiger partial charge in [-0.2, -0.15) is 0 Å². The second-order valence-electron chi connectivity index (χ2n) is 6.49. The molecule has 0 bridgehead atoms. The van der Waals surface area contributed by atoms with E-state index in [4.69, 9.17) is 27.9 Å². The van der Waals surface area contributed by atoms with Gasteiger partial charge in [0.05, 0.1) is 6.61 Å². The van der Waals surface area contributed by atoms with E-state index in [9.17, 15) is 0 Å². The molecule has 7 heteroatoms. The molecule has 0 amide bonds. The second-order valence-corrected chi connectivity index (χ2v) is 8.31. The van der Waals surface area contributed by atoms with Crippen LogP contribution in [0.2, 0.25) is 10.0 Å². The number of benzene rings is 3. The Balaban J connectivity index is 1.71. The summed E-state index contributed by atoms with van der Waals surface area (Å²) in [6.07, 6.45) is 0. The van der Waals surface area contributed by atoms with Gasteiger partial charge in [0.15, 0.2) is 11.0 Å². The highest BCUT2D eigenvalue weighted by molar-refractivity contribution is 7.98. The van der Waals surface area contributed by atoms with Gasteiger partial charge in [-0.15, -0.1) is 10.2 Å². The minimum absolute atomic E-state index is 0.628. The van der Waals surface area contributed by atoms with E-state index in [0.29, 0.717) is 11.6 Å². The van der Waals surface area contributed by atoms with Gasteiger partial charge in [0.1, 0.15) is 5.75 Å². The molecular formula is C23H19Cl2N3OS. The zero-order chi connectivity index (χ0) is 20.9. The molecule has 1 aromatic heterocycles. The number of hydrogen-bond acceptors (Lipinski definition) is 4. The lowest BCUT2D eigenvalue weighted by Gasteiger charge is -2.12. The van der Waals surface area contributed by atoms with E-state index in [1.54, 1.807) is 11.8 Å². The van der Waals surface area contributed by atoms with Gasteiger partial charge in [0, 0.05) is 27.0 Å². The summed E-state index contributed by atoms with van der Waals surface area (Å²) in [4.78, 5) is 0. The zero-order valence-corrected chi connectivity index (χ0v) is 18.6. The normalized spacial score (nSPS) is 10.9. The Morgan fingerprint density at radius 1 is 0.900 bits per heavy atom. The first kappa shape index (κ1) is 20.8. The van der Waals surface area contributed by atoms with Gasteiger partial charge < -0.3 is 4.74 Å². The van der Waals surface area contributed by atoms with Gasteiger partial charge >= 0.3 is 0 Å². The van der Waals surface area contributed by atoms with E-state index in [-0.39, 0.29) is 0 Å². The lowest BCUT2D eigenvalue weighted by atomic mass is 10.2. The fourth-order valence-electron chi connectivity index (χ4n) is 3.01. The molecule has 4 aromatic rings. The lowest BCUT2D eigenvalue weighted by molar-refractivity contribution is 0.340. The molecule has 3 aromatic carbocycles. The van der Waals surface area contributed by atoms with Crippen molar-refractivity contribution >= 4 is 35.0 Å². The van der Waals surface area contributed by atoms with E-state index in [1.165, 1.54) is 0 Å². The molecule has 1 heterocycles. The summed E-state index contributed by atoms with van der Waals surface area (Å²) in [5.41, 5.74) is 3.03. The van der Waals surface area contributed by atoms with Crippen LogP contribution in [0.25, 0.3) is 17.1 Å². The fourth-order valence-corrected chi connectivity index (χ4v) is 4.25. The molecule has 0 aliphatic heterocycles. The Labute approximate surface area is 189 Å². The van der Waals surface area contributed by atoms with Crippen LogP contribution in [-0.2, 0) is 5.75 Å². The average Bonchev–Trinajstić information content (AvgIpc) is 3.18. The van der Waals surface area contributed by atoms with Crippen LogP contribution in [0.4, 0.5) is 0 Å². The van der Waals surface area contributed by atoms with Gasteiger partial charge in [-0.05, 0) is 73.2 Å². The smallest absolute Gasteiger partial charge is 0.196 e. The molecule has 152 valence electrons. The topological polar surface area (TPSA) is 39.9 Å². The first-order chi connectivity index (χ1) is 14.6. The fraction of sp³-hybridized carbons (Fsp3) is 0.130. The van der Waals surface area contributed by atoms with Gasteiger partial charge in [0.2, 0.25) is 0 Å². The van der Waals surface area contributed by atoms with Crippen LogP contribution >= 0.6 is 35.0 Å². The summed E-state index contributed by atoms with van der Waals surface area (Å²) in [5.74, 6) is 2.32. The van der Waals surface area contributed by atoms with E-state index in [2.05, 4.69) is 16.3 Å². The molecule has 4 nitrogen and oxygen atoms in total. The van der Waals surface area contributed by atoms with Crippen molar-refractivity contribution in [1.29, 1.82) is 0 Å². The second kappa shape index (κ2) is 9.56. The Kier molecular flexibility index (Phi) is 6.62. The Bertz CT molecular complexity index is 1130. The molecule has 30 heavy (non-hydrogen) atoms. The van der Waals surface area contributed by atoms with Crippen LogP contribution in [0.1, 0.15) is 12.5 Å². The summed E-state index contributed by atoms with van der Waals surface area (Å²) in [5, 5.41) is 11.1. The van der Waals surface area contributed by atoms with Crippen molar-refractivity contribution < 1.29 is 4.74 Å². The molecule has 0 aliphatic rings. The molecule has 0 unspecified atom stereocenters. The van der Waals surface area contributed by atoms with Gasteiger partial charge in [-0.1, -0.05) is 47.1 Å². The van der Waals surface area contributed by atoms with Crippen molar-refractivity contribution in [3.63, 3.8) is 0 Å². The van der Waals surface area contributed by atoms with Crippen LogP contribution in [0.15, 0.2) is 78.0 Å². The number of ether oxygens (including phenoxy) is 1. The number of halogens is 2. The standard InChI is InChI=1S/C23H19Cl2N3OS/c1-2-29-21-12-10-20(11-13-21)28-22(17-6-8-18(24)9-7-17)26-27-23(28)30-15-16-4-3-5-19(25)14-16/h3-14H,2,15H2,1H3. The van der Waals surface area contributed by atoms with Crippen LogP contribution in [0, 0.1) is 0 Å². The van der Waals surface area contributed by atoms with Crippen molar-refractivity contribution in [2.45, 2.75) is 17.8 Å². The molecule has 0 spiro atoms. The monoisotopic (exact) mass is 455 g/mol. The van der Waals surface area contributed by atoms with Crippen LogP contribution < -0.4 is 4.74 Å². The van der Waals surface area contributed by atoms with E-state index in [1.807, 2.05) is 78.2 Å². The third-order valence-corrected chi connectivity index (χ3v) is 5.89. The Morgan fingerprint density at radius 3 is 2.37 bits per heavy atom. The minimum Gasteiger partial charge on any atom is -0.494 e. The number of aromatic nitrogens is 3. The molecule has 0 saturated heterocycles. The van der Waals surface area contributed by atoms with E-state index >= 15 is 0 Å². The third-order valence-electron chi connectivity index (χ3n) is 4.40. The zero-order valence-electron chi connectivity index (χ0n) is 16.3. The average molecular weight is 456 g/mol. The molecule has 0 fully saturated rings. The minimum atomic E-state index is 0.628. The molecule has 4 rings (SSSR count). The Morgan fingerprint density at radius 2 is 1.67 bits per heavy atom. The molecule has 0 aliphatic carbocycles. The summed E-state index contributed by atoms with van der Waals surface area (Å²) in [7, 11) is 0. The first-order valence-electron chi connectivity index (χ1n) is 9.46. The van der Waals surface area contributed by atoms with E-state index < -0.39 is 0 Å². The van der Waals surface area contributed by atoms with Gasteiger partial charge in [-0.25, -0.2) is 0 Å². The lowest BCUT2D eigenvalue weighted by Crippen LogP contribution is -2.00. The Hall–Kier alpha value is -2.47. The summed E-state index contributed by atoms with van der Waals surface area (Å²) >= 11 is 13.8. The molecule has 0 saturated carbocycles. The largest absolute Gasteiger partial charge is 0.494 e. The number of rotatable bonds is 7. The number of thioether (sulfide) groups is 1. The molecule has 0 atom stereocenters. The van der Waals surface area contributed by atoms with Crippen LogP contribution in [0.5, 0.6) is 5.75 Å². The van der Waals surface area contributed by atoms with Crippen molar-refractivity contribution in [2.75, 3.05) is 6.61 Å². The molecular weight excluding hydrogens is 437 g/mol. The van der Waals surface area contributed by atoms with Crippen LogP contribution in [0.3, 0.4) is 0 Å². The van der Waals surface area contributed by atoms with Gasteiger partial charge in [-0.3, -0.25) is 4.57 Å². The summed E-state index contributed by atoms with van der Waals surface area (Å²) < 4.78 is 7.63. The highest BCUT2D eigenvalue weighted by Crippen LogP contribution is 2.31. The predicted octanol–water partition coefficient (Wildman–Crippen LogP) is 6.93. The first-order valence-corrected chi connectivity index (χ1v) is 11.2. The SMILES string of the molecule is CCOc1ccc(-n2c(SCc3cccc(Cl)c3)nnc2-c2ccc(Cl)cc2)cc1. The molecule has 0 radical (unpaired) electrons. The highest BCUT2D eigenvalue weighted by Gasteiger charge is 2.16. The number of hydrogen-bond donors (Lipinski definition) is 0. The maximum absolute atomic E-state index is 6.13. The number of nitrogens with zero attached hydrogens (tertiary/aromatic N) is 3. The molecule has 0 N–H and O–H groups in total. The van der Waals surface area contributed by atoms with Crippen LogP contribution in [-0.4, -0.2) is 21.4 Å². The maximum atomic E-state index is 6.13.